The second-order valence-electron chi connectivity index (χ2n) is 6.06. The number of nitrogens with one attached hydrogen (secondary N) is 2. The molecule has 9 heteroatoms. The normalized spacial score (nSPS) is 11.4. The van der Waals surface area contributed by atoms with Crippen molar-refractivity contribution in [1.82, 2.24) is 20.3 Å². The molecule has 0 aliphatic carbocycles. The summed E-state index contributed by atoms with van der Waals surface area (Å²) >= 11 is 7.74. The number of carbonyl (C=O) groups is 1. The average Bonchev–Trinajstić information content (AvgIpc) is 3.20. The second-order valence-corrected chi connectivity index (χ2v) is 7.37. The molecule has 6 nitrogen and oxygen atoms in total. The molecular weight excluding hydrogens is 417 g/mol. The predicted molar refractivity (Wildman–Crippen MR) is 116 cm³/mol. The molecule has 148 valence electrons. The molecule has 1 atom stereocenters. The van der Waals surface area contributed by atoms with Crippen LogP contribution in [0.3, 0.4) is 0 Å². The van der Waals surface area contributed by atoms with Gasteiger partial charge < -0.3 is 10.6 Å². The molecule has 1 amide bonds. The van der Waals surface area contributed by atoms with E-state index in [-0.39, 0.29) is 24.4 Å². The molecular formula is C19H21Cl2N5OS. The Kier molecular flexibility index (Phi) is 8.17. The zero-order valence-corrected chi connectivity index (χ0v) is 17.9. The van der Waals surface area contributed by atoms with Crippen LogP contribution in [0.25, 0.3) is 0 Å². The smallest absolute Gasteiger partial charge is 0.280 e. The number of pyridine rings is 2. The minimum atomic E-state index is -0.187. The third-order valence-electron chi connectivity index (χ3n) is 3.95. The molecule has 28 heavy (non-hydrogen) atoms. The summed E-state index contributed by atoms with van der Waals surface area (Å²) in [5, 5.41) is 8.89. The molecule has 0 spiro atoms. The Morgan fingerprint density at radius 3 is 2.68 bits per heavy atom. The first-order valence-electron chi connectivity index (χ1n) is 8.62. The number of aryl methyl sites for hydroxylation is 1. The molecule has 3 heterocycles. The first-order valence-corrected chi connectivity index (χ1v) is 9.88. The number of rotatable bonds is 7. The van der Waals surface area contributed by atoms with E-state index in [1.807, 2.05) is 25.1 Å². The number of amides is 1. The Bertz CT molecular complexity index is 903. The number of halogens is 2. The number of carbonyl (C=O) groups excluding carboxylic acids is 1. The number of thiazole rings is 1. The first-order chi connectivity index (χ1) is 13.1. The predicted octanol–water partition coefficient (Wildman–Crippen LogP) is 5.33. The van der Waals surface area contributed by atoms with Crippen molar-refractivity contribution in [2.24, 2.45) is 0 Å². The van der Waals surface area contributed by atoms with Gasteiger partial charge in [0.2, 0.25) is 0 Å². The van der Waals surface area contributed by atoms with Crippen molar-refractivity contribution in [3.63, 3.8) is 0 Å². The van der Waals surface area contributed by atoms with Gasteiger partial charge in [0.15, 0.2) is 5.01 Å². The summed E-state index contributed by atoms with van der Waals surface area (Å²) in [7, 11) is 0. The van der Waals surface area contributed by atoms with E-state index >= 15 is 0 Å². The molecule has 2 N–H and O–H groups in total. The van der Waals surface area contributed by atoms with Gasteiger partial charge in [-0.15, -0.1) is 23.7 Å². The highest BCUT2D eigenvalue weighted by Crippen LogP contribution is 2.28. The van der Waals surface area contributed by atoms with E-state index in [0.717, 1.165) is 29.8 Å². The fourth-order valence-electron chi connectivity index (χ4n) is 2.58. The van der Waals surface area contributed by atoms with Gasteiger partial charge in [-0.2, -0.15) is 0 Å². The van der Waals surface area contributed by atoms with Crippen molar-refractivity contribution >= 4 is 52.8 Å². The summed E-state index contributed by atoms with van der Waals surface area (Å²) < 4.78 is 0. The van der Waals surface area contributed by atoms with Crippen LogP contribution in [0.4, 0.5) is 11.5 Å². The van der Waals surface area contributed by atoms with Crippen molar-refractivity contribution in [2.75, 3.05) is 5.32 Å². The van der Waals surface area contributed by atoms with Gasteiger partial charge in [-0.25, -0.2) is 9.97 Å². The molecule has 0 aliphatic rings. The largest absolute Gasteiger partial charge is 0.343 e. The third kappa shape index (κ3) is 5.64. The van der Waals surface area contributed by atoms with Crippen molar-refractivity contribution in [3.8, 4) is 0 Å². The lowest BCUT2D eigenvalue weighted by molar-refractivity contribution is 0.0934. The molecule has 0 fully saturated rings. The van der Waals surface area contributed by atoms with Gasteiger partial charge in [0.1, 0.15) is 5.82 Å². The lowest BCUT2D eigenvalue weighted by atomic mass is 10.0. The van der Waals surface area contributed by atoms with Gasteiger partial charge in [-0.05, 0) is 37.1 Å². The summed E-state index contributed by atoms with van der Waals surface area (Å²) in [5.41, 5.74) is 2.61. The van der Waals surface area contributed by atoms with E-state index in [9.17, 15) is 4.79 Å². The van der Waals surface area contributed by atoms with Gasteiger partial charge in [0, 0.05) is 23.5 Å². The molecule has 0 saturated carbocycles. The van der Waals surface area contributed by atoms with E-state index in [4.69, 9.17) is 11.6 Å². The Hall–Kier alpha value is -2.22. The Morgan fingerprint density at radius 1 is 1.25 bits per heavy atom. The molecule has 0 saturated heterocycles. The van der Waals surface area contributed by atoms with Gasteiger partial charge in [0.05, 0.1) is 22.9 Å². The van der Waals surface area contributed by atoms with Gasteiger partial charge >= 0.3 is 0 Å². The fraction of sp³-hybridized carbons (Fsp3) is 0.263. The van der Waals surface area contributed by atoms with Gasteiger partial charge in [-0.3, -0.25) is 9.78 Å². The fourth-order valence-corrected chi connectivity index (χ4v) is 3.34. The van der Waals surface area contributed by atoms with Crippen molar-refractivity contribution in [1.29, 1.82) is 0 Å². The van der Waals surface area contributed by atoms with Crippen LogP contribution in [0.2, 0.25) is 5.02 Å². The number of aromatic nitrogens is 3. The zero-order valence-electron chi connectivity index (χ0n) is 15.5. The summed E-state index contributed by atoms with van der Waals surface area (Å²) in [5.74, 6) is 0.361. The van der Waals surface area contributed by atoms with Crippen LogP contribution >= 0.6 is 35.3 Å². The third-order valence-corrected chi connectivity index (χ3v) is 5.01. The van der Waals surface area contributed by atoms with E-state index in [1.54, 1.807) is 24.0 Å². The van der Waals surface area contributed by atoms with Gasteiger partial charge in [0.25, 0.3) is 5.91 Å². The van der Waals surface area contributed by atoms with E-state index in [0.29, 0.717) is 15.8 Å². The maximum absolute atomic E-state index is 12.3. The van der Waals surface area contributed by atoms with Crippen molar-refractivity contribution < 1.29 is 4.79 Å². The lowest BCUT2D eigenvalue weighted by Crippen LogP contribution is -2.28. The first kappa shape index (κ1) is 22.1. The van der Waals surface area contributed by atoms with Gasteiger partial charge in [-0.1, -0.05) is 24.9 Å². The maximum Gasteiger partial charge on any atom is 0.280 e. The summed E-state index contributed by atoms with van der Waals surface area (Å²) in [6.45, 7) is 4.00. The summed E-state index contributed by atoms with van der Waals surface area (Å²) in [6, 6.07) is 5.49. The standard InChI is InChI=1S/C19H20ClN5OS.ClH/c1-3-4-16(25-18(26)19-21-7-8-27-19)13-9-15(20)17(23-10-13)24-14-6-5-12(2)22-11-14;/h5-11,16H,3-4H2,1-2H3,(H,23,24)(H,25,26);1H/t16-;/m1./s1. The highest BCUT2D eigenvalue weighted by Gasteiger charge is 2.18. The SMILES string of the molecule is CCC[C@@H](NC(=O)c1nccs1)c1cnc(Nc2ccc(C)nc2)c(Cl)c1.Cl. The lowest BCUT2D eigenvalue weighted by Gasteiger charge is -2.19. The summed E-state index contributed by atoms with van der Waals surface area (Å²) in [4.78, 5) is 25.1. The van der Waals surface area contributed by atoms with Crippen LogP contribution in [0.15, 0.2) is 42.2 Å². The van der Waals surface area contributed by atoms with Crippen LogP contribution in [0.5, 0.6) is 0 Å². The molecule has 0 radical (unpaired) electrons. The van der Waals surface area contributed by atoms with Crippen molar-refractivity contribution in [3.05, 3.63) is 63.5 Å². The minimum Gasteiger partial charge on any atom is -0.343 e. The van der Waals surface area contributed by atoms with E-state index in [2.05, 4.69) is 32.5 Å². The number of hydrogen-bond donors (Lipinski definition) is 2. The number of hydrogen-bond acceptors (Lipinski definition) is 6. The highest BCUT2D eigenvalue weighted by atomic mass is 35.5. The quantitative estimate of drug-likeness (QED) is 0.521. The number of nitrogens with zero attached hydrogens (tertiary/aromatic N) is 3. The van der Waals surface area contributed by atoms with Crippen molar-refractivity contribution in [2.45, 2.75) is 32.7 Å². The van der Waals surface area contributed by atoms with Crippen LogP contribution in [-0.4, -0.2) is 20.9 Å². The molecule has 3 aromatic heterocycles. The Labute approximate surface area is 179 Å². The Balaban J connectivity index is 0.00000280. The molecule has 3 rings (SSSR count). The van der Waals surface area contributed by atoms with Crippen LogP contribution in [-0.2, 0) is 0 Å². The monoisotopic (exact) mass is 437 g/mol. The van der Waals surface area contributed by atoms with E-state index < -0.39 is 0 Å². The average molecular weight is 438 g/mol. The van der Waals surface area contributed by atoms with Crippen LogP contribution in [0, 0.1) is 6.92 Å². The minimum absolute atomic E-state index is 0. The molecule has 0 bridgehead atoms. The van der Waals surface area contributed by atoms with Crippen LogP contribution in [0.1, 0.15) is 46.9 Å². The van der Waals surface area contributed by atoms with Crippen LogP contribution < -0.4 is 10.6 Å². The van der Waals surface area contributed by atoms with E-state index in [1.165, 1.54) is 11.3 Å². The molecule has 0 unspecified atom stereocenters. The zero-order chi connectivity index (χ0) is 19.2. The summed E-state index contributed by atoms with van der Waals surface area (Å²) in [6.07, 6.45) is 6.78. The Morgan fingerprint density at radius 2 is 2.07 bits per heavy atom. The number of anilines is 2. The maximum atomic E-state index is 12.3. The second kappa shape index (κ2) is 10.4. The molecule has 0 aromatic carbocycles. The highest BCUT2D eigenvalue weighted by molar-refractivity contribution is 7.11. The molecule has 3 aromatic rings. The topological polar surface area (TPSA) is 79.8 Å². The molecule has 0 aliphatic heterocycles.